The Morgan fingerprint density at radius 1 is 0.375 bits per heavy atom. The summed E-state index contributed by atoms with van der Waals surface area (Å²) in [6.45, 7) is 11.7. The van der Waals surface area contributed by atoms with E-state index in [-0.39, 0.29) is 42.3 Å². The zero-order valence-electron chi connectivity index (χ0n) is 48.2. The normalized spacial score (nSPS) is 15.8. The van der Waals surface area contributed by atoms with Crippen LogP contribution >= 0.6 is 0 Å². The van der Waals surface area contributed by atoms with Crippen LogP contribution in [0.15, 0.2) is 0 Å². The summed E-state index contributed by atoms with van der Waals surface area (Å²) in [6.07, 6.45) is 51.1. The van der Waals surface area contributed by atoms with Gasteiger partial charge >= 0.3 is 24.1 Å². The van der Waals surface area contributed by atoms with Crippen molar-refractivity contribution >= 4 is 24.1 Å². The van der Waals surface area contributed by atoms with Crippen LogP contribution in [0.3, 0.4) is 0 Å². The highest BCUT2D eigenvalue weighted by Gasteiger charge is 2.35. The van der Waals surface area contributed by atoms with E-state index in [4.69, 9.17) is 23.7 Å². The highest BCUT2D eigenvalue weighted by Crippen LogP contribution is 2.26. The number of unbranched alkanes of at least 4 members (excludes halogenated alkanes) is 30. The molecule has 72 heavy (non-hydrogen) atoms. The summed E-state index contributed by atoms with van der Waals surface area (Å²) in [4.78, 5) is 50.3. The van der Waals surface area contributed by atoms with Gasteiger partial charge in [0.15, 0.2) is 0 Å². The second kappa shape index (κ2) is 50.8. The summed E-state index contributed by atoms with van der Waals surface area (Å²) in [5.41, 5.74) is 0. The first-order valence-electron chi connectivity index (χ1n) is 31.7. The first kappa shape index (κ1) is 67.7. The number of cyclic esters (lactones) is 2. The van der Waals surface area contributed by atoms with Crippen LogP contribution in [-0.4, -0.2) is 55.1 Å². The molecule has 0 aliphatic carbocycles. The summed E-state index contributed by atoms with van der Waals surface area (Å²) < 4.78 is 28.9. The highest BCUT2D eigenvalue weighted by molar-refractivity contribution is 5.70. The molecule has 1 aliphatic rings. The van der Waals surface area contributed by atoms with Crippen molar-refractivity contribution in [2.24, 2.45) is 5.92 Å². The molecule has 0 spiro atoms. The fourth-order valence-electron chi connectivity index (χ4n) is 10.4. The number of esters is 3. The standard InChI is InChI=1S/C63H118O9/c1-6-11-15-18-21-26-35-45-56(47-37-28-23-32-41-51-60(64)68-54-55(10-5)44-14-9-4)69-61(65)52-42-33-24-29-38-48-57(46-36-27-22-19-16-12-7-2)70-62(66)53-43-34-25-31-40-50-59-58(71-63(67)72-59)49-39-30-20-17-13-8-3/h55-59H,6-54H2,1-5H3. The predicted molar refractivity (Wildman–Crippen MR) is 299 cm³/mol. The van der Waals surface area contributed by atoms with Crippen LogP contribution in [0.2, 0.25) is 0 Å². The zero-order valence-corrected chi connectivity index (χ0v) is 48.2. The molecule has 0 bridgehead atoms. The van der Waals surface area contributed by atoms with Gasteiger partial charge in [-0.15, -0.1) is 0 Å². The van der Waals surface area contributed by atoms with Gasteiger partial charge in [0, 0.05) is 19.3 Å². The number of rotatable bonds is 55. The maximum absolute atomic E-state index is 13.1. The van der Waals surface area contributed by atoms with Gasteiger partial charge in [-0.3, -0.25) is 14.4 Å². The Labute approximate surface area is 445 Å². The summed E-state index contributed by atoms with van der Waals surface area (Å²) in [5, 5.41) is 0. The molecule has 1 saturated heterocycles. The molecule has 9 nitrogen and oxygen atoms in total. The molecular weight excluding hydrogens is 901 g/mol. The van der Waals surface area contributed by atoms with E-state index in [0.717, 1.165) is 167 Å². The van der Waals surface area contributed by atoms with Gasteiger partial charge in [-0.25, -0.2) is 4.79 Å². The van der Waals surface area contributed by atoms with E-state index >= 15 is 0 Å². The smallest absolute Gasteiger partial charge is 0.465 e. The molecule has 0 aromatic heterocycles. The molecule has 0 amide bonds. The summed E-state index contributed by atoms with van der Waals surface area (Å²) in [6, 6.07) is 0. The quantitative estimate of drug-likeness (QED) is 0.0334. The molecule has 424 valence electrons. The molecule has 9 heteroatoms. The number of ether oxygens (including phenoxy) is 5. The van der Waals surface area contributed by atoms with Crippen LogP contribution in [0.5, 0.6) is 0 Å². The molecule has 1 heterocycles. The maximum Gasteiger partial charge on any atom is 0.509 e. The van der Waals surface area contributed by atoms with Crippen molar-refractivity contribution < 1.29 is 42.9 Å². The van der Waals surface area contributed by atoms with E-state index in [1.165, 1.54) is 122 Å². The zero-order chi connectivity index (χ0) is 52.4. The minimum atomic E-state index is -0.506. The van der Waals surface area contributed by atoms with Crippen LogP contribution in [0.25, 0.3) is 0 Å². The Balaban J connectivity index is 2.40. The van der Waals surface area contributed by atoms with Crippen molar-refractivity contribution in [2.75, 3.05) is 6.61 Å². The largest absolute Gasteiger partial charge is 0.509 e. The Hall–Kier alpha value is -2.32. The molecule has 1 rings (SSSR count). The molecule has 5 unspecified atom stereocenters. The lowest BCUT2D eigenvalue weighted by atomic mass is 9.99. The monoisotopic (exact) mass is 1020 g/mol. The molecule has 1 aliphatic heterocycles. The minimum absolute atomic E-state index is 0.000455. The van der Waals surface area contributed by atoms with Crippen LogP contribution in [0.4, 0.5) is 4.79 Å². The van der Waals surface area contributed by atoms with E-state index in [0.29, 0.717) is 31.8 Å². The van der Waals surface area contributed by atoms with E-state index in [1.54, 1.807) is 0 Å². The molecule has 5 atom stereocenters. The lowest BCUT2D eigenvalue weighted by molar-refractivity contribution is -0.151. The molecule has 0 saturated carbocycles. The second-order valence-electron chi connectivity index (χ2n) is 22.2. The number of carbonyl (C=O) groups excluding carboxylic acids is 4. The minimum Gasteiger partial charge on any atom is -0.465 e. The lowest BCUT2D eigenvalue weighted by Gasteiger charge is -2.19. The molecule has 1 fully saturated rings. The third-order valence-corrected chi connectivity index (χ3v) is 15.3. The van der Waals surface area contributed by atoms with E-state index in [2.05, 4.69) is 34.6 Å². The Morgan fingerprint density at radius 2 is 0.681 bits per heavy atom. The molecule has 0 N–H and O–H groups in total. The van der Waals surface area contributed by atoms with Crippen molar-refractivity contribution in [3.63, 3.8) is 0 Å². The lowest BCUT2D eigenvalue weighted by Crippen LogP contribution is -2.22. The van der Waals surface area contributed by atoms with Crippen LogP contribution in [-0.2, 0) is 38.1 Å². The Bertz CT molecular complexity index is 1240. The Kier molecular flexibility index (Phi) is 47.8. The topological polar surface area (TPSA) is 114 Å². The Morgan fingerprint density at radius 3 is 1.03 bits per heavy atom. The number of hydrogen-bond donors (Lipinski definition) is 0. The fourth-order valence-corrected chi connectivity index (χ4v) is 10.4. The highest BCUT2D eigenvalue weighted by atomic mass is 16.8. The molecular formula is C63H118O9. The van der Waals surface area contributed by atoms with Gasteiger partial charge in [0.05, 0.1) is 6.61 Å². The van der Waals surface area contributed by atoms with Crippen molar-refractivity contribution in [1.29, 1.82) is 0 Å². The van der Waals surface area contributed by atoms with Gasteiger partial charge in [-0.2, -0.15) is 0 Å². The van der Waals surface area contributed by atoms with Crippen molar-refractivity contribution in [1.82, 2.24) is 0 Å². The van der Waals surface area contributed by atoms with E-state index in [9.17, 15) is 19.2 Å². The van der Waals surface area contributed by atoms with Crippen molar-refractivity contribution in [3.8, 4) is 0 Å². The van der Waals surface area contributed by atoms with Crippen molar-refractivity contribution in [2.45, 2.75) is 367 Å². The SMILES string of the molecule is CCCCCCCCCC(CCCCCCCC(=O)OCC(CC)CCCC)OC(=O)CCCCCCCC(CCCCCCCCC)OC(=O)CCCCCCCC1OC(=O)OC1CCCCCCCC. The average Bonchev–Trinajstić information content (AvgIpc) is 3.73. The van der Waals surface area contributed by atoms with Gasteiger partial charge in [-0.1, -0.05) is 221 Å². The first-order valence-corrected chi connectivity index (χ1v) is 31.7. The third kappa shape index (κ3) is 42.0. The molecule has 0 radical (unpaired) electrons. The summed E-state index contributed by atoms with van der Waals surface area (Å²) >= 11 is 0. The van der Waals surface area contributed by atoms with Gasteiger partial charge in [-0.05, 0) is 109 Å². The number of hydrogen-bond acceptors (Lipinski definition) is 9. The summed E-state index contributed by atoms with van der Waals surface area (Å²) in [7, 11) is 0. The summed E-state index contributed by atoms with van der Waals surface area (Å²) in [5.74, 6) is 0.353. The third-order valence-electron chi connectivity index (χ3n) is 15.3. The van der Waals surface area contributed by atoms with E-state index in [1.807, 2.05) is 0 Å². The van der Waals surface area contributed by atoms with Gasteiger partial charge in [0.1, 0.15) is 24.4 Å². The van der Waals surface area contributed by atoms with Crippen LogP contribution < -0.4 is 0 Å². The van der Waals surface area contributed by atoms with Crippen LogP contribution in [0, 0.1) is 5.92 Å². The van der Waals surface area contributed by atoms with Gasteiger partial charge < -0.3 is 23.7 Å². The van der Waals surface area contributed by atoms with Gasteiger partial charge in [0.25, 0.3) is 0 Å². The molecule has 0 aromatic rings. The van der Waals surface area contributed by atoms with Crippen molar-refractivity contribution in [3.05, 3.63) is 0 Å². The second-order valence-corrected chi connectivity index (χ2v) is 22.2. The number of carbonyl (C=O) groups is 4. The average molecular weight is 1020 g/mol. The van der Waals surface area contributed by atoms with E-state index < -0.39 is 6.16 Å². The van der Waals surface area contributed by atoms with Gasteiger partial charge in [0.2, 0.25) is 0 Å². The molecule has 0 aromatic carbocycles. The maximum atomic E-state index is 13.1. The fraction of sp³-hybridized carbons (Fsp3) is 0.937. The predicted octanol–water partition coefficient (Wildman–Crippen LogP) is 19.7. The first-order chi connectivity index (χ1) is 35.3. The van der Waals surface area contributed by atoms with Crippen LogP contribution in [0.1, 0.15) is 343 Å².